The van der Waals surface area contributed by atoms with Crippen molar-refractivity contribution in [2.45, 2.75) is 14.7 Å². The molecule has 5 N–H and O–H groups in total. The second kappa shape index (κ2) is 34.0. The van der Waals surface area contributed by atoms with Gasteiger partial charge in [-0.2, -0.15) is 27.5 Å². The van der Waals surface area contributed by atoms with Crippen molar-refractivity contribution in [2.75, 3.05) is 22.7 Å². The molecule has 0 aliphatic carbocycles. The van der Waals surface area contributed by atoms with E-state index in [2.05, 4.69) is 45.7 Å². The molecule has 0 bridgehead atoms. The summed E-state index contributed by atoms with van der Waals surface area (Å²) >= 11 is 0. The van der Waals surface area contributed by atoms with Crippen molar-refractivity contribution in [3.8, 4) is 11.5 Å². The number of anilines is 1. The van der Waals surface area contributed by atoms with Gasteiger partial charge in [-0.3, -0.25) is 9.11 Å². The Balaban J connectivity index is -0.000000422. The van der Waals surface area contributed by atoms with E-state index in [0.717, 1.165) is 6.07 Å². The molecule has 28 nitrogen and oxygen atoms in total. The molecule has 0 aromatic heterocycles. The summed E-state index contributed by atoms with van der Waals surface area (Å²) in [7, 11) is -30.9. The fraction of sp³-hybridized carbons (Fsp3) is 0.111. The molecule has 4 aromatic carbocycles. The number of nitrogens with zero attached hydrogens (tertiary/aromatic N) is 4. The maximum Gasteiger partial charge on any atom is 1.00 e. The molecular formula is C27H24CuN5Na5O23S7-2. The molecule has 355 valence electrons. The van der Waals surface area contributed by atoms with E-state index in [9.17, 15) is 53.0 Å². The number of hydrogen-bond donors (Lipinski definition) is 5. The Morgan fingerprint density at radius 1 is 0.618 bits per heavy atom. The van der Waals surface area contributed by atoms with Crippen molar-refractivity contribution in [2.24, 2.45) is 20.5 Å². The zero-order chi connectivity index (χ0) is 48.2. The van der Waals surface area contributed by atoms with Crippen LogP contribution < -0.4 is 153 Å². The van der Waals surface area contributed by atoms with Crippen LogP contribution in [0.5, 0.6) is 11.5 Å². The van der Waals surface area contributed by atoms with Crippen molar-refractivity contribution >= 4 is 111 Å². The topological polar surface area (TPSA) is 491 Å². The molecular weight excluding hydrogens is 1170 g/mol. The van der Waals surface area contributed by atoms with Crippen molar-refractivity contribution in [3.05, 3.63) is 74.5 Å². The summed E-state index contributed by atoms with van der Waals surface area (Å²) in [6, 6.07) is 12.7. The van der Waals surface area contributed by atoms with Gasteiger partial charge in [-0.25, -0.2) is 50.5 Å². The number of phenols is 2. The Morgan fingerprint density at radius 2 is 1.06 bits per heavy atom. The van der Waals surface area contributed by atoms with E-state index in [1.807, 2.05) is 0 Å². The van der Waals surface area contributed by atoms with Crippen LogP contribution in [0.25, 0.3) is 10.8 Å². The summed E-state index contributed by atoms with van der Waals surface area (Å²) in [6.45, 7) is 6.61. The number of fused-ring (bicyclic) bond motifs is 1. The van der Waals surface area contributed by atoms with Crippen LogP contribution >= 0.6 is 0 Å². The van der Waals surface area contributed by atoms with E-state index >= 15 is 0 Å². The Morgan fingerprint density at radius 3 is 1.47 bits per heavy atom. The summed E-state index contributed by atoms with van der Waals surface area (Å²) < 4.78 is 209. The molecule has 0 aliphatic heterocycles. The predicted molar refractivity (Wildman–Crippen MR) is 203 cm³/mol. The Labute approximate surface area is 511 Å². The second-order valence-corrected chi connectivity index (χ2v) is 19.7. The normalized spacial score (nSPS) is 11.3. The summed E-state index contributed by atoms with van der Waals surface area (Å²) in [5.41, 5.74) is -1.14. The van der Waals surface area contributed by atoms with E-state index in [-0.39, 0.29) is 203 Å². The van der Waals surface area contributed by atoms with Gasteiger partial charge in [0, 0.05) is 28.5 Å². The summed E-state index contributed by atoms with van der Waals surface area (Å²) in [5, 5.41) is 39.3. The van der Waals surface area contributed by atoms with E-state index in [1.165, 1.54) is 42.5 Å². The number of nitrogens with one attached hydrogen (secondary N) is 1. The number of benzene rings is 4. The van der Waals surface area contributed by atoms with Crippen LogP contribution in [-0.4, -0.2) is 118 Å². The van der Waals surface area contributed by atoms with Gasteiger partial charge in [0.25, 0.3) is 0 Å². The van der Waals surface area contributed by atoms with E-state index < -0.39 is 116 Å². The summed E-state index contributed by atoms with van der Waals surface area (Å²) in [4.78, 5) is -1.99. The zero-order valence-electron chi connectivity index (χ0n) is 35.2. The Bertz CT molecular complexity index is 3140. The first-order valence-corrected chi connectivity index (χ1v) is 24.8. The van der Waals surface area contributed by atoms with E-state index in [0.29, 0.717) is 6.07 Å². The van der Waals surface area contributed by atoms with Gasteiger partial charge in [0.05, 0.1) is 31.7 Å². The zero-order valence-corrected chi connectivity index (χ0v) is 51.9. The second-order valence-electron chi connectivity index (χ2n) is 10.6. The average Bonchev–Trinajstić information content (AvgIpc) is 3.11. The molecule has 4 aromatic rings. The van der Waals surface area contributed by atoms with Crippen LogP contribution in [0.4, 0.5) is 28.4 Å². The molecule has 0 saturated carbocycles. The van der Waals surface area contributed by atoms with E-state index in [4.69, 9.17) is 47.7 Å². The predicted octanol–water partition coefficient (Wildman–Crippen LogP) is -14.1. The summed E-state index contributed by atoms with van der Waals surface area (Å²) in [6.07, 6.45) is 0. The number of aromatic hydroxyl groups is 2. The van der Waals surface area contributed by atoms with Gasteiger partial charge in [0.1, 0.15) is 31.8 Å². The molecule has 0 atom stereocenters. The number of rotatable bonds is 12. The van der Waals surface area contributed by atoms with Crippen molar-refractivity contribution < 1.29 is 266 Å². The number of hydrogen-bond acceptors (Lipinski definition) is 26. The maximum absolute atomic E-state index is 12.3. The smallest absolute Gasteiger partial charge is 0.747 e. The van der Waals surface area contributed by atoms with Crippen LogP contribution in [0, 0.1) is 19.9 Å². The molecule has 0 heterocycles. The van der Waals surface area contributed by atoms with Gasteiger partial charge >= 0.3 is 158 Å². The number of azo groups is 2. The molecule has 0 fully saturated rings. The van der Waals surface area contributed by atoms with Crippen LogP contribution in [0.1, 0.15) is 0 Å². The molecule has 68 heavy (non-hydrogen) atoms. The van der Waals surface area contributed by atoms with Gasteiger partial charge in [-0.05, 0) is 42.5 Å². The average molecular weight is 1190 g/mol. The molecule has 4 rings (SSSR count). The van der Waals surface area contributed by atoms with Crippen LogP contribution in [0.3, 0.4) is 0 Å². The molecule has 0 spiro atoms. The van der Waals surface area contributed by atoms with Gasteiger partial charge in [0.2, 0.25) is 20.8 Å². The maximum atomic E-state index is 12.3. The van der Waals surface area contributed by atoms with Crippen molar-refractivity contribution in [3.63, 3.8) is 0 Å². The van der Waals surface area contributed by atoms with Gasteiger partial charge < -0.3 is 47.6 Å². The number of sulfone groups is 2. The monoisotopic (exact) mass is 1190 g/mol. The molecule has 1 radical (unpaired) electrons. The molecule has 0 unspecified atom stereocenters. The van der Waals surface area contributed by atoms with Crippen LogP contribution in [-0.2, 0) is 88.4 Å². The minimum absolute atomic E-state index is 0. The SMILES string of the molecule is O=S(=O)([O-])O.O=S(=O)([O-])O.O=S(=O)=O.[CH2-]CS(=O)(=O)c1ccc(N=Nc2c(NCS(=O)(=O)[O-])ccc3c(O)c(N=Nc4cc(S(=O)(=O)C[CH2-])cc(S(=O)(=O)[O-])c4O)[c-]cc23)cc1.[Cu].[Na+].[Na+].[Na+].[Na+].[Na+]. The Hall–Kier alpha value is 0.339. The largest absolute Gasteiger partial charge is 1.00 e. The van der Waals surface area contributed by atoms with Crippen molar-refractivity contribution in [1.29, 1.82) is 0 Å². The minimum Gasteiger partial charge on any atom is -0.747 e. The van der Waals surface area contributed by atoms with Crippen LogP contribution in [0.15, 0.2) is 89.7 Å². The third-order valence-electron chi connectivity index (χ3n) is 6.40. The third-order valence-corrected chi connectivity index (χ3v) is 10.8. The molecule has 41 heteroatoms. The fourth-order valence-corrected chi connectivity index (χ4v) is 6.60. The van der Waals surface area contributed by atoms with Crippen LogP contribution in [0.2, 0.25) is 0 Å². The standard InChI is InChI=1S/C27H24N5O12S4.Cu.5Na.2H2O4S.O3S/c1-3-45(35,36)17-7-5-16(6-8-17)29-32-25-19-9-12-22(26(33)20(19)10-11-21(25)28-15-47(39,40)41)30-31-23-13-18(46(37,38)4-2)14-24(27(23)34)48(42,43)44;;;;;;;2*1-5(2,3)4;1-4(2)3/h5-11,13-14,28,33-34H,1-4,15H2,(H,39,40,41)(H,42,43,44);;;;;;;2*(H2,1,2,3,4);/q-3;;5*+1;;;/p-4. The quantitative estimate of drug-likeness (QED) is 0.0289. The summed E-state index contributed by atoms with van der Waals surface area (Å²) in [5.74, 6) is -3.99. The number of phenolic OH excluding ortho intramolecular Hbond substituents is 2. The molecule has 0 aliphatic rings. The molecule has 0 saturated heterocycles. The first-order chi connectivity index (χ1) is 28.0. The Kier molecular flexibility index (Phi) is 39.9. The first kappa shape index (κ1) is 79.7. The first-order valence-electron chi connectivity index (χ1n) is 14.8. The van der Waals surface area contributed by atoms with Gasteiger partial charge in [-0.15, -0.1) is 17.7 Å². The van der Waals surface area contributed by atoms with Crippen molar-refractivity contribution in [1.82, 2.24) is 0 Å². The van der Waals surface area contributed by atoms with E-state index in [1.54, 1.807) is 0 Å². The fourth-order valence-electron chi connectivity index (χ4n) is 3.97. The third kappa shape index (κ3) is 30.5. The van der Waals surface area contributed by atoms with Gasteiger partial charge in [-0.1, -0.05) is 28.3 Å². The van der Waals surface area contributed by atoms with Gasteiger partial charge in [0.15, 0.2) is 25.4 Å². The minimum atomic E-state index is -5.38. The molecule has 0 amide bonds.